The zero-order valence-electron chi connectivity index (χ0n) is 11.1. The first-order valence-electron chi connectivity index (χ1n) is 6.41. The zero-order valence-corrected chi connectivity index (χ0v) is 12.6. The van der Waals surface area contributed by atoms with Crippen molar-refractivity contribution in [2.24, 2.45) is 0 Å². The van der Waals surface area contributed by atoms with E-state index in [9.17, 15) is 17.6 Å². The van der Waals surface area contributed by atoms with Gasteiger partial charge in [-0.15, -0.1) is 0 Å². The van der Waals surface area contributed by atoms with E-state index in [4.69, 9.17) is 20.2 Å². The van der Waals surface area contributed by atoms with E-state index in [0.717, 1.165) is 37.5 Å². The molecule has 0 aromatic heterocycles. The van der Waals surface area contributed by atoms with Crippen LogP contribution in [-0.2, 0) is 18.5 Å². The highest BCUT2D eigenvalue weighted by atomic mass is 35.7. The molecule has 1 heterocycles. The Labute approximate surface area is 126 Å². The lowest BCUT2D eigenvalue weighted by molar-refractivity contribution is -0.0300. The van der Waals surface area contributed by atoms with Crippen LogP contribution < -0.4 is 0 Å². The van der Waals surface area contributed by atoms with Crippen molar-refractivity contribution in [2.75, 3.05) is 13.2 Å². The second-order valence-corrected chi connectivity index (χ2v) is 7.20. The number of esters is 1. The molecule has 8 heteroatoms. The van der Waals surface area contributed by atoms with Crippen LogP contribution in [0.15, 0.2) is 23.1 Å². The summed E-state index contributed by atoms with van der Waals surface area (Å²) < 4.78 is 46.2. The van der Waals surface area contributed by atoms with Gasteiger partial charge in [0.1, 0.15) is 17.3 Å². The van der Waals surface area contributed by atoms with Gasteiger partial charge in [0.25, 0.3) is 9.05 Å². The normalized spacial score (nSPS) is 19.2. The zero-order chi connectivity index (χ0) is 15.5. The summed E-state index contributed by atoms with van der Waals surface area (Å²) in [5, 5.41) is 0. The fourth-order valence-electron chi connectivity index (χ4n) is 2.01. The molecule has 1 saturated heterocycles. The Morgan fingerprint density at radius 3 is 2.81 bits per heavy atom. The van der Waals surface area contributed by atoms with Crippen LogP contribution in [0.5, 0.6) is 0 Å². The van der Waals surface area contributed by atoms with E-state index in [1.165, 1.54) is 0 Å². The predicted molar refractivity (Wildman–Crippen MR) is 73.3 cm³/mol. The molecule has 0 aliphatic carbocycles. The highest BCUT2D eigenvalue weighted by molar-refractivity contribution is 8.13. The van der Waals surface area contributed by atoms with Crippen LogP contribution in [0.4, 0.5) is 4.39 Å². The number of rotatable bonds is 4. The van der Waals surface area contributed by atoms with Gasteiger partial charge in [-0.2, -0.15) is 0 Å². The molecule has 1 aliphatic heterocycles. The van der Waals surface area contributed by atoms with Crippen molar-refractivity contribution in [1.29, 1.82) is 0 Å². The smallest absolute Gasteiger partial charge is 0.338 e. The van der Waals surface area contributed by atoms with Crippen molar-refractivity contribution < 1.29 is 27.1 Å². The maximum absolute atomic E-state index is 13.4. The highest BCUT2D eigenvalue weighted by Crippen LogP contribution is 2.21. The third kappa shape index (κ3) is 4.39. The van der Waals surface area contributed by atoms with Crippen molar-refractivity contribution in [3.05, 3.63) is 29.6 Å². The maximum atomic E-state index is 13.4. The molecule has 2 rings (SSSR count). The van der Waals surface area contributed by atoms with Gasteiger partial charge in [-0.1, -0.05) is 0 Å². The number of hydrogen-bond acceptors (Lipinski definition) is 5. The third-order valence-corrected chi connectivity index (χ3v) is 4.44. The summed E-state index contributed by atoms with van der Waals surface area (Å²) in [5.74, 6) is -1.76. The lowest BCUT2D eigenvalue weighted by Gasteiger charge is -2.22. The standard InChI is InChI=1S/C13H14ClFO5S/c14-21(17,18)12-7-9(4-5-11(12)15)13(16)20-8-10-3-1-2-6-19-10/h4-5,7,10H,1-3,6,8H2. The summed E-state index contributed by atoms with van der Waals surface area (Å²) in [7, 11) is 0.839. The first-order valence-corrected chi connectivity index (χ1v) is 8.72. The molecule has 1 aromatic rings. The summed E-state index contributed by atoms with van der Waals surface area (Å²) >= 11 is 0. The molecule has 0 radical (unpaired) electrons. The van der Waals surface area contributed by atoms with E-state index >= 15 is 0 Å². The van der Waals surface area contributed by atoms with Gasteiger partial charge in [-0.3, -0.25) is 0 Å². The van der Waals surface area contributed by atoms with Crippen LogP contribution in [0.1, 0.15) is 29.6 Å². The molecule has 0 saturated carbocycles. The maximum Gasteiger partial charge on any atom is 0.338 e. The minimum atomic E-state index is -4.26. The summed E-state index contributed by atoms with van der Waals surface area (Å²) in [5.41, 5.74) is -0.0774. The molecule has 116 valence electrons. The molecule has 1 aromatic carbocycles. The van der Waals surface area contributed by atoms with Crippen LogP contribution in [0.25, 0.3) is 0 Å². The lowest BCUT2D eigenvalue weighted by Crippen LogP contribution is -2.26. The Balaban J connectivity index is 2.05. The van der Waals surface area contributed by atoms with E-state index in [0.29, 0.717) is 6.61 Å². The van der Waals surface area contributed by atoms with Crippen LogP contribution in [0.2, 0.25) is 0 Å². The van der Waals surface area contributed by atoms with Gasteiger partial charge in [0.2, 0.25) is 0 Å². The van der Waals surface area contributed by atoms with Crippen molar-refractivity contribution in [3.8, 4) is 0 Å². The quantitative estimate of drug-likeness (QED) is 0.624. The van der Waals surface area contributed by atoms with E-state index in [-0.39, 0.29) is 18.3 Å². The van der Waals surface area contributed by atoms with E-state index in [1.807, 2.05) is 0 Å². The van der Waals surface area contributed by atoms with Crippen LogP contribution >= 0.6 is 10.7 Å². The average molecular weight is 337 g/mol. The second-order valence-electron chi connectivity index (χ2n) is 4.67. The molecule has 21 heavy (non-hydrogen) atoms. The Hall–Kier alpha value is -1.18. The number of ether oxygens (including phenoxy) is 2. The van der Waals surface area contributed by atoms with Gasteiger partial charge >= 0.3 is 5.97 Å². The van der Waals surface area contributed by atoms with Crippen molar-refractivity contribution in [1.82, 2.24) is 0 Å². The monoisotopic (exact) mass is 336 g/mol. The third-order valence-electron chi connectivity index (χ3n) is 3.10. The fraction of sp³-hybridized carbons (Fsp3) is 0.462. The second kappa shape index (κ2) is 6.72. The van der Waals surface area contributed by atoms with Gasteiger partial charge in [-0.25, -0.2) is 17.6 Å². The molecular weight excluding hydrogens is 323 g/mol. The van der Waals surface area contributed by atoms with Gasteiger partial charge in [0.05, 0.1) is 11.7 Å². The van der Waals surface area contributed by atoms with Crippen molar-refractivity contribution >= 4 is 25.7 Å². The fourth-order valence-corrected chi connectivity index (χ4v) is 2.93. The first-order chi connectivity index (χ1) is 9.88. The number of benzene rings is 1. The molecule has 1 fully saturated rings. The minimum Gasteiger partial charge on any atom is -0.459 e. The van der Waals surface area contributed by atoms with Crippen LogP contribution in [-0.4, -0.2) is 33.7 Å². The summed E-state index contributed by atoms with van der Waals surface area (Å²) in [6, 6.07) is 2.87. The Kier molecular flexibility index (Phi) is 5.18. The highest BCUT2D eigenvalue weighted by Gasteiger charge is 2.21. The molecule has 0 spiro atoms. The Morgan fingerprint density at radius 1 is 1.43 bits per heavy atom. The molecular formula is C13H14ClFO5S. The molecule has 0 bridgehead atoms. The minimum absolute atomic E-state index is 0.0774. The number of carbonyl (C=O) groups is 1. The van der Waals surface area contributed by atoms with Gasteiger partial charge in [-0.05, 0) is 37.5 Å². The summed E-state index contributed by atoms with van der Waals surface area (Å²) in [4.78, 5) is 11.1. The van der Waals surface area contributed by atoms with Crippen molar-refractivity contribution in [2.45, 2.75) is 30.3 Å². The predicted octanol–water partition coefficient (Wildman–Crippen LogP) is 2.48. The Bertz CT molecular complexity index is 625. The number of carbonyl (C=O) groups excluding carboxylic acids is 1. The SMILES string of the molecule is O=C(OCC1CCCCO1)c1ccc(F)c(S(=O)(=O)Cl)c1. The van der Waals surface area contributed by atoms with E-state index in [2.05, 4.69) is 0 Å². The number of hydrogen-bond donors (Lipinski definition) is 0. The topological polar surface area (TPSA) is 69.7 Å². The van der Waals surface area contributed by atoms with Crippen molar-refractivity contribution in [3.63, 3.8) is 0 Å². The molecule has 1 aliphatic rings. The molecule has 1 atom stereocenters. The summed E-state index contributed by atoms with van der Waals surface area (Å²) in [6.45, 7) is 0.715. The molecule has 1 unspecified atom stereocenters. The Morgan fingerprint density at radius 2 is 2.19 bits per heavy atom. The van der Waals surface area contributed by atoms with Gasteiger partial charge in [0.15, 0.2) is 0 Å². The molecule has 5 nitrogen and oxygen atoms in total. The molecule has 0 N–H and O–H groups in total. The summed E-state index contributed by atoms with van der Waals surface area (Å²) in [6.07, 6.45) is 2.64. The van der Waals surface area contributed by atoms with E-state index < -0.39 is 25.7 Å². The lowest BCUT2D eigenvalue weighted by atomic mass is 10.1. The van der Waals surface area contributed by atoms with Gasteiger partial charge < -0.3 is 9.47 Å². The van der Waals surface area contributed by atoms with Crippen LogP contribution in [0.3, 0.4) is 0 Å². The first kappa shape index (κ1) is 16.2. The van der Waals surface area contributed by atoms with Crippen LogP contribution in [0, 0.1) is 5.82 Å². The largest absolute Gasteiger partial charge is 0.459 e. The molecule has 0 amide bonds. The average Bonchev–Trinajstić information content (AvgIpc) is 2.45. The van der Waals surface area contributed by atoms with E-state index in [1.54, 1.807) is 0 Å². The number of halogens is 2. The van der Waals surface area contributed by atoms with Gasteiger partial charge in [0, 0.05) is 17.3 Å².